The summed E-state index contributed by atoms with van der Waals surface area (Å²) in [6.45, 7) is 4.86. The summed E-state index contributed by atoms with van der Waals surface area (Å²) in [6, 6.07) is 5.49. The number of carbonyl (C=O) groups excluding carboxylic acids is 2. The van der Waals surface area contributed by atoms with Crippen LogP contribution in [-0.2, 0) is 4.79 Å². The van der Waals surface area contributed by atoms with Crippen molar-refractivity contribution in [3.8, 4) is 0 Å². The molecule has 0 saturated carbocycles. The van der Waals surface area contributed by atoms with E-state index < -0.39 is 0 Å². The zero-order chi connectivity index (χ0) is 19.4. The molecular formula is C21H35N3O2. The van der Waals surface area contributed by atoms with Crippen LogP contribution in [-0.4, -0.2) is 32.5 Å². The number of nitrogens with one attached hydrogen (secondary N) is 2. The monoisotopic (exact) mass is 361 g/mol. The first-order valence-electron chi connectivity index (χ1n) is 9.89. The van der Waals surface area contributed by atoms with Crippen LogP contribution >= 0.6 is 0 Å². The van der Waals surface area contributed by atoms with Gasteiger partial charge in [-0.05, 0) is 31.0 Å². The first kappa shape index (κ1) is 22.0. The van der Waals surface area contributed by atoms with E-state index in [1.807, 2.05) is 38.1 Å². The molecule has 0 heterocycles. The van der Waals surface area contributed by atoms with Gasteiger partial charge in [-0.3, -0.25) is 9.59 Å². The minimum atomic E-state index is -0.109. The van der Waals surface area contributed by atoms with E-state index in [2.05, 4.69) is 17.6 Å². The van der Waals surface area contributed by atoms with E-state index in [9.17, 15) is 9.59 Å². The first-order chi connectivity index (χ1) is 12.5. The quantitative estimate of drug-likeness (QED) is 0.536. The molecule has 0 fully saturated rings. The molecule has 0 aromatic heterocycles. The lowest BCUT2D eigenvalue weighted by Crippen LogP contribution is -2.26. The highest BCUT2D eigenvalue weighted by molar-refractivity contribution is 6.02. The summed E-state index contributed by atoms with van der Waals surface area (Å²) in [5, 5.41) is 5.83. The summed E-state index contributed by atoms with van der Waals surface area (Å²) in [7, 11) is 3.81. The first-order valence-corrected chi connectivity index (χ1v) is 9.89. The second-order valence-electron chi connectivity index (χ2n) is 6.95. The van der Waals surface area contributed by atoms with Gasteiger partial charge in [0.1, 0.15) is 0 Å². The Morgan fingerprint density at radius 3 is 2.31 bits per heavy atom. The Bertz CT molecular complexity index is 570. The zero-order valence-electron chi connectivity index (χ0n) is 16.9. The van der Waals surface area contributed by atoms with Crippen molar-refractivity contribution in [2.24, 2.45) is 0 Å². The van der Waals surface area contributed by atoms with Crippen LogP contribution in [0.1, 0.15) is 75.6 Å². The summed E-state index contributed by atoms with van der Waals surface area (Å²) in [5.74, 6) is -0.0967. The highest BCUT2D eigenvalue weighted by atomic mass is 16.2. The van der Waals surface area contributed by atoms with Gasteiger partial charge in [-0.1, -0.05) is 46.0 Å². The van der Waals surface area contributed by atoms with Crippen LogP contribution in [0.4, 0.5) is 11.4 Å². The molecule has 0 spiro atoms. The van der Waals surface area contributed by atoms with Gasteiger partial charge in [-0.15, -0.1) is 0 Å². The van der Waals surface area contributed by atoms with Gasteiger partial charge in [-0.25, -0.2) is 0 Å². The average Bonchev–Trinajstić information content (AvgIpc) is 2.62. The third-order valence-corrected chi connectivity index (χ3v) is 4.30. The largest absolute Gasteiger partial charge is 0.377 e. The molecule has 0 radical (unpaired) electrons. The van der Waals surface area contributed by atoms with E-state index in [4.69, 9.17) is 0 Å². The number of carbonyl (C=O) groups is 2. The van der Waals surface area contributed by atoms with E-state index in [1.165, 1.54) is 25.7 Å². The lowest BCUT2D eigenvalue weighted by atomic mass is 10.1. The molecule has 5 nitrogen and oxygen atoms in total. The second kappa shape index (κ2) is 12.3. The minimum Gasteiger partial charge on any atom is -0.377 e. The van der Waals surface area contributed by atoms with Crippen LogP contribution in [0, 0.1) is 0 Å². The van der Waals surface area contributed by atoms with Gasteiger partial charge in [0.2, 0.25) is 5.91 Å². The Kier molecular flexibility index (Phi) is 10.4. The Hall–Kier alpha value is -2.04. The molecule has 0 unspecified atom stereocenters. The van der Waals surface area contributed by atoms with Crippen LogP contribution in [0.5, 0.6) is 0 Å². The Labute approximate surface area is 158 Å². The number of hydrogen-bond donors (Lipinski definition) is 2. The number of unbranched alkanes of at least 4 members (excludes halogenated alkanes) is 5. The molecule has 0 aliphatic heterocycles. The number of hydrogen-bond acceptors (Lipinski definition) is 3. The van der Waals surface area contributed by atoms with E-state index in [0.717, 1.165) is 24.9 Å². The molecule has 0 aliphatic carbocycles. The Balaban J connectivity index is 2.63. The van der Waals surface area contributed by atoms with Gasteiger partial charge in [0.15, 0.2) is 0 Å². The normalized spacial score (nSPS) is 10.5. The SMILES string of the molecule is CCCCCCCCC(=O)Nc1ccc(N(C)C)c(C(=O)NCCC)c1. The zero-order valence-corrected chi connectivity index (χ0v) is 16.9. The van der Waals surface area contributed by atoms with Crippen molar-refractivity contribution < 1.29 is 9.59 Å². The van der Waals surface area contributed by atoms with Crippen molar-refractivity contribution in [2.45, 2.75) is 65.2 Å². The smallest absolute Gasteiger partial charge is 0.253 e. The van der Waals surface area contributed by atoms with E-state index >= 15 is 0 Å². The van der Waals surface area contributed by atoms with Gasteiger partial charge >= 0.3 is 0 Å². The van der Waals surface area contributed by atoms with Crippen molar-refractivity contribution >= 4 is 23.2 Å². The third-order valence-electron chi connectivity index (χ3n) is 4.30. The van der Waals surface area contributed by atoms with E-state index in [1.54, 1.807) is 6.07 Å². The third kappa shape index (κ3) is 7.89. The highest BCUT2D eigenvalue weighted by Gasteiger charge is 2.14. The maximum atomic E-state index is 12.4. The molecule has 2 amide bonds. The highest BCUT2D eigenvalue weighted by Crippen LogP contribution is 2.23. The van der Waals surface area contributed by atoms with Crippen molar-refractivity contribution in [1.82, 2.24) is 5.32 Å². The lowest BCUT2D eigenvalue weighted by Gasteiger charge is -2.18. The van der Waals surface area contributed by atoms with Crippen LogP contribution in [0.15, 0.2) is 18.2 Å². The van der Waals surface area contributed by atoms with E-state index in [-0.39, 0.29) is 11.8 Å². The minimum absolute atomic E-state index is 0.0120. The number of rotatable bonds is 12. The summed E-state index contributed by atoms with van der Waals surface area (Å²) in [5.41, 5.74) is 2.10. The maximum Gasteiger partial charge on any atom is 0.253 e. The van der Waals surface area contributed by atoms with Gasteiger partial charge in [0, 0.05) is 38.4 Å². The van der Waals surface area contributed by atoms with Crippen molar-refractivity contribution in [3.63, 3.8) is 0 Å². The molecule has 26 heavy (non-hydrogen) atoms. The standard InChI is InChI=1S/C21H35N3O2/c1-5-7-8-9-10-11-12-20(25)23-17-13-14-19(24(3)4)18(16-17)21(26)22-15-6-2/h13-14,16H,5-12,15H2,1-4H3,(H,22,26)(H,23,25). The fourth-order valence-corrected chi connectivity index (χ4v) is 2.81. The molecule has 0 atom stereocenters. The number of nitrogens with zero attached hydrogens (tertiary/aromatic N) is 1. The summed E-state index contributed by atoms with van der Waals surface area (Å²) < 4.78 is 0. The fourth-order valence-electron chi connectivity index (χ4n) is 2.81. The van der Waals surface area contributed by atoms with Gasteiger partial charge < -0.3 is 15.5 Å². The predicted molar refractivity (Wildman–Crippen MR) is 110 cm³/mol. The molecule has 1 aromatic rings. The van der Waals surface area contributed by atoms with Gasteiger partial charge in [-0.2, -0.15) is 0 Å². The predicted octanol–water partition coefficient (Wildman–Crippen LogP) is 4.58. The molecule has 1 aromatic carbocycles. The molecule has 1 rings (SSSR count). The van der Waals surface area contributed by atoms with Crippen molar-refractivity contribution in [3.05, 3.63) is 23.8 Å². The van der Waals surface area contributed by atoms with Crippen molar-refractivity contribution in [1.29, 1.82) is 0 Å². The topological polar surface area (TPSA) is 61.4 Å². The fraction of sp³-hybridized carbons (Fsp3) is 0.619. The van der Waals surface area contributed by atoms with E-state index in [0.29, 0.717) is 24.2 Å². The Morgan fingerprint density at radius 2 is 1.65 bits per heavy atom. The summed E-state index contributed by atoms with van der Waals surface area (Å²) in [4.78, 5) is 26.5. The van der Waals surface area contributed by atoms with Crippen LogP contribution in [0.2, 0.25) is 0 Å². The lowest BCUT2D eigenvalue weighted by molar-refractivity contribution is -0.116. The molecule has 0 aliphatic rings. The van der Waals surface area contributed by atoms with Crippen LogP contribution in [0.25, 0.3) is 0 Å². The molecule has 5 heteroatoms. The summed E-state index contributed by atoms with van der Waals surface area (Å²) >= 11 is 0. The van der Waals surface area contributed by atoms with Crippen LogP contribution in [0.3, 0.4) is 0 Å². The van der Waals surface area contributed by atoms with Gasteiger partial charge in [0.05, 0.1) is 5.56 Å². The van der Waals surface area contributed by atoms with Crippen LogP contribution < -0.4 is 15.5 Å². The molecule has 0 bridgehead atoms. The summed E-state index contributed by atoms with van der Waals surface area (Å²) in [6.07, 6.45) is 8.37. The molecule has 146 valence electrons. The van der Waals surface area contributed by atoms with Crippen molar-refractivity contribution in [2.75, 3.05) is 30.9 Å². The molecule has 0 saturated heterocycles. The van der Waals surface area contributed by atoms with Gasteiger partial charge in [0.25, 0.3) is 5.91 Å². The number of benzene rings is 1. The maximum absolute atomic E-state index is 12.4. The Morgan fingerprint density at radius 1 is 0.962 bits per heavy atom. The molecular weight excluding hydrogens is 326 g/mol. The second-order valence-corrected chi connectivity index (χ2v) is 6.95. The number of anilines is 2. The molecule has 2 N–H and O–H groups in total. The number of amides is 2. The average molecular weight is 362 g/mol.